The topological polar surface area (TPSA) is 73.6 Å². The number of amides is 1. The number of rotatable bonds is 5. The minimum atomic E-state index is -0.544. The van der Waals surface area contributed by atoms with Gasteiger partial charge in [0.1, 0.15) is 0 Å². The van der Waals surface area contributed by atoms with E-state index in [0.717, 1.165) is 0 Å². The zero-order valence-corrected chi connectivity index (χ0v) is 6.79. The molecule has 11 heavy (non-hydrogen) atoms. The molecule has 0 aliphatic heterocycles. The lowest BCUT2D eigenvalue weighted by Gasteiger charge is -2.06. The molecule has 5 nitrogen and oxygen atoms in total. The lowest BCUT2D eigenvalue weighted by Crippen LogP contribution is -2.38. The van der Waals surface area contributed by atoms with Crippen molar-refractivity contribution in [2.75, 3.05) is 20.3 Å². The van der Waals surface area contributed by atoms with Gasteiger partial charge in [0.05, 0.1) is 19.3 Å². The highest BCUT2D eigenvalue weighted by atomic mass is 16.7. The van der Waals surface area contributed by atoms with Gasteiger partial charge < -0.3 is 10.5 Å². The number of methoxy groups -OCH3 is 1. The van der Waals surface area contributed by atoms with E-state index in [4.69, 9.17) is 10.6 Å². The van der Waals surface area contributed by atoms with E-state index in [2.05, 4.69) is 10.2 Å². The van der Waals surface area contributed by atoms with Gasteiger partial charge in [-0.25, -0.2) is 5.48 Å². The van der Waals surface area contributed by atoms with E-state index in [0.29, 0.717) is 13.2 Å². The van der Waals surface area contributed by atoms with Gasteiger partial charge in [-0.2, -0.15) is 0 Å². The van der Waals surface area contributed by atoms with Crippen LogP contribution in [0.2, 0.25) is 0 Å². The predicted molar refractivity (Wildman–Crippen MR) is 39.6 cm³/mol. The molecule has 3 N–H and O–H groups in total. The normalized spacial score (nSPS) is 12.6. The Hall–Kier alpha value is -0.650. The molecule has 0 spiro atoms. The first-order valence-electron chi connectivity index (χ1n) is 3.34. The SMILES string of the molecule is COCCONC(=O)[C@@H](C)N. The Bertz CT molecular complexity index is 116. The van der Waals surface area contributed by atoms with Gasteiger partial charge in [0, 0.05) is 7.11 Å². The number of carbonyl (C=O) groups is 1. The summed E-state index contributed by atoms with van der Waals surface area (Å²) in [5, 5.41) is 0. The average molecular weight is 162 g/mol. The fraction of sp³-hybridized carbons (Fsp3) is 0.833. The van der Waals surface area contributed by atoms with Crippen LogP contribution in [0.3, 0.4) is 0 Å². The highest BCUT2D eigenvalue weighted by Gasteiger charge is 2.05. The van der Waals surface area contributed by atoms with Gasteiger partial charge in [0.25, 0.3) is 5.91 Å². The summed E-state index contributed by atoms with van der Waals surface area (Å²) in [7, 11) is 1.55. The van der Waals surface area contributed by atoms with Gasteiger partial charge in [-0.05, 0) is 6.92 Å². The first kappa shape index (κ1) is 10.3. The standard InChI is InChI=1S/C6H14N2O3/c1-5(7)6(9)8-11-4-3-10-2/h5H,3-4,7H2,1-2H3,(H,8,9)/t5-/m1/s1. The van der Waals surface area contributed by atoms with Crippen molar-refractivity contribution in [3.63, 3.8) is 0 Å². The quantitative estimate of drug-likeness (QED) is 0.403. The third-order valence-electron chi connectivity index (χ3n) is 0.976. The molecule has 0 bridgehead atoms. The van der Waals surface area contributed by atoms with E-state index < -0.39 is 6.04 Å². The first-order chi connectivity index (χ1) is 5.18. The van der Waals surface area contributed by atoms with E-state index >= 15 is 0 Å². The minimum Gasteiger partial charge on any atom is -0.382 e. The van der Waals surface area contributed by atoms with E-state index in [1.807, 2.05) is 0 Å². The van der Waals surface area contributed by atoms with Gasteiger partial charge >= 0.3 is 0 Å². The van der Waals surface area contributed by atoms with Crippen molar-refractivity contribution in [3.05, 3.63) is 0 Å². The van der Waals surface area contributed by atoms with Crippen LogP contribution < -0.4 is 11.2 Å². The fourth-order valence-electron chi connectivity index (χ4n) is 0.340. The molecule has 0 unspecified atom stereocenters. The van der Waals surface area contributed by atoms with E-state index in [1.54, 1.807) is 14.0 Å². The molecule has 5 heteroatoms. The van der Waals surface area contributed by atoms with E-state index in [9.17, 15) is 4.79 Å². The maximum atomic E-state index is 10.7. The summed E-state index contributed by atoms with van der Waals surface area (Å²) in [5.41, 5.74) is 7.40. The van der Waals surface area contributed by atoms with Gasteiger partial charge in [-0.3, -0.25) is 9.63 Å². The van der Waals surface area contributed by atoms with Gasteiger partial charge in [0.15, 0.2) is 0 Å². The molecule has 0 fully saturated rings. The fourth-order valence-corrected chi connectivity index (χ4v) is 0.340. The number of hydrogen-bond donors (Lipinski definition) is 2. The van der Waals surface area contributed by atoms with Gasteiger partial charge in [-0.15, -0.1) is 0 Å². The number of nitrogens with one attached hydrogen (secondary N) is 1. The Morgan fingerprint density at radius 1 is 1.64 bits per heavy atom. The Morgan fingerprint density at radius 2 is 2.27 bits per heavy atom. The maximum Gasteiger partial charge on any atom is 0.260 e. The lowest BCUT2D eigenvalue weighted by atomic mass is 10.4. The van der Waals surface area contributed by atoms with Crippen LogP contribution in [0.1, 0.15) is 6.92 Å². The highest BCUT2D eigenvalue weighted by molar-refractivity contribution is 5.79. The molecular weight excluding hydrogens is 148 g/mol. The summed E-state index contributed by atoms with van der Waals surface area (Å²) in [6, 6.07) is -0.544. The van der Waals surface area contributed by atoms with Crippen LogP contribution >= 0.6 is 0 Å². The largest absolute Gasteiger partial charge is 0.382 e. The number of hydrogen-bond acceptors (Lipinski definition) is 4. The van der Waals surface area contributed by atoms with Crippen molar-refractivity contribution in [2.45, 2.75) is 13.0 Å². The average Bonchev–Trinajstić information content (AvgIpc) is 1.97. The van der Waals surface area contributed by atoms with Crippen LogP contribution in [0, 0.1) is 0 Å². The zero-order chi connectivity index (χ0) is 8.69. The van der Waals surface area contributed by atoms with Crippen molar-refractivity contribution < 1.29 is 14.4 Å². The minimum absolute atomic E-state index is 0.328. The summed E-state index contributed by atoms with van der Waals surface area (Å²) >= 11 is 0. The number of hydroxylamine groups is 1. The molecule has 0 aromatic heterocycles. The Kier molecular flexibility index (Phi) is 5.73. The maximum absolute atomic E-state index is 10.7. The van der Waals surface area contributed by atoms with Gasteiger partial charge in [-0.1, -0.05) is 0 Å². The monoisotopic (exact) mass is 162 g/mol. The molecule has 66 valence electrons. The molecule has 0 heterocycles. The summed E-state index contributed by atoms with van der Waals surface area (Å²) in [6.07, 6.45) is 0. The second-order valence-electron chi connectivity index (χ2n) is 2.10. The molecule has 0 aliphatic carbocycles. The van der Waals surface area contributed by atoms with Crippen LogP contribution in [-0.4, -0.2) is 32.3 Å². The second-order valence-corrected chi connectivity index (χ2v) is 2.10. The number of carbonyl (C=O) groups excluding carboxylic acids is 1. The van der Waals surface area contributed by atoms with Crippen LogP contribution in [0.4, 0.5) is 0 Å². The third-order valence-corrected chi connectivity index (χ3v) is 0.976. The first-order valence-corrected chi connectivity index (χ1v) is 3.34. The van der Waals surface area contributed by atoms with Crippen molar-refractivity contribution in [1.82, 2.24) is 5.48 Å². The van der Waals surface area contributed by atoms with Crippen molar-refractivity contribution in [1.29, 1.82) is 0 Å². The van der Waals surface area contributed by atoms with Gasteiger partial charge in [0.2, 0.25) is 0 Å². The molecule has 0 saturated carbocycles. The van der Waals surface area contributed by atoms with Crippen LogP contribution in [-0.2, 0) is 14.4 Å². The molecule has 0 aromatic carbocycles. The Labute approximate surface area is 65.8 Å². The number of ether oxygens (including phenoxy) is 1. The molecule has 0 rings (SSSR count). The Balaban J connectivity index is 3.18. The molecule has 1 atom stereocenters. The third kappa shape index (κ3) is 5.78. The molecular formula is C6H14N2O3. The van der Waals surface area contributed by atoms with E-state index in [-0.39, 0.29) is 5.91 Å². The molecule has 0 aromatic rings. The molecule has 0 aliphatic rings. The predicted octanol–water partition coefficient (Wildman–Crippen LogP) is -0.972. The number of nitrogens with two attached hydrogens (primary N) is 1. The Morgan fingerprint density at radius 3 is 2.73 bits per heavy atom. The zero-order valence-electron chi connectivity index (χ0n) is 6.79. The van der Waals surface area contributed by atoms with Crippen LogP contribution in [0.5, 0.6) is 0 Å². The highest BCUT2D eigenvalue weighted by Crippen LogP contribution is 1.76. The van der Waals surface area contributed by atoms with Crippen molar-refractivity contribution >= 4 is 5.91 Å². The lowest BCUT2D eigenvalue weighted by molar-refractivity contribution is -0.135. The van der Waals surface area contributed by atoms with Crippen molar-refractivity contribution in [3.8, 4) is 0 Å². The van der Waals surface area contributed by atoms with Crippen LogP contribution in [0.25, 0.3) is 0 Å². The molecule has 1 amide bonds. The van der Waals surface area contributed by atoms with Crippen molar-refractivity contribution in [2.24, 2.45) is 5.73 Å². The summed E-state index contributed by atoms with van der Waals surface area (Å²) in [5.74, 6) is -0.332. The summed E-state index contributed by atoms with van der Waals surface area (Å²) in [4.78, 5) is 15.4. The van der Waals surface area contributed by atoms with E-state index in [1.165, 1.54) is 0 Å². The smallest absolute Gasteiger partial charge is 0.260 e. The molecule has 0 saturated heterocycles. The summed E-state index contributed by atoms with van der Waals surface area (Å²) in [6.45, 7) is 2.35. The molecule has 0 radical (unpaired) electrons. The second kappa shape index (κ2) is 6.09. The van der Waals surface area contributed by atoms with Crippen LogP contribution in [0.15, 0.2) is 0 Å². The summed E-state index contributed by atoms with van der Waals surface area (Å²) < 4.78 is 4.68.